The quantitative estimate of drug-likeness (QED) is 0.733. The molecule has 0 aliphatic carbocycles. The third-order valence-electron chi connectivity index (χ3n) is 2.61. The molecule has 2 heterocycles. The topological polar surface area (TPSA) is 65.4 Å². The van der Waals surface area contributed by atoms with Gasteiger partial charge >= 0.3 is 0 Å². The zero-order chi connectivity index (χ0) is 10.7. The maximum Gasteiger partial charge on any atom is 0.130 e. The van der Waals surface area contributed by atoms with E-state index in [4.69, 9.17) is 10.5 Å². The molecule has 0 amide bonds. The number of hydrogen-bond donors (Lipinski definition) is 1. The van der Waals surface area contributed by atoms with Crippen molar-refractivity contribution < 1.29 is 4.74 Å². The Bertz CT molecular complexity index is 352. The third kappa shape index (κ3) is 2.02. The van der Waals surface area contributed by atoms with Gasteiger partial charge in [-0.25, -0.2) is 4.68 Å². The first-order chi connectivity index (χ1) is 7.33. The van der Waals surface area contributed by atoms with Gasteiger partial charge in [-0.15, -0.1) is 0 Å². The first-order valence-electron chi connectivity index (χ1n) is 5.16. The number of nitrogen functional groups attached to an aromatic ring is 1. The molecule has 1 aliphatic rings. The molecule has 2 N–H and O–H groups in total. The van der Waals surface area contributed by atoms with Crippen LogP contribution in [0.1, 0.15) is 24.4 Å². The van der Waals surface area contributed by atoms with Gasteiger partial charge in [-0.1, -0.05) is 0 Å². The fourth-order valence-electron chi connectivity index (χ4n) is 1.83. The minimum absolute atomic E-state index is 0.276. The molecule has 1 aromatic heterocycles. The number of hydrogen-bond acceptors (Lipinski definition) is 4. The van der Waals surface area contributed by atoms with Gasteiger partial charge < -0.3 is 10.5 Å². The zero-order valence-electron chi connectivity index (χ0n) is 8.89. The Morgan fingerprint density at radius 3 is 3.27 bits per heavy atom. The van der Waals surface area contributed by atoms with Crippen LogP contribution in [0.25, 0.3) is 0 Å². The van der Waals surface area contributed by atoms with Crippen LogP contribution in [0.3, 0.4) is 0 Å². The van der Waals surface area contributed by atoms with E-state index in [0.29, 0.717) is 12.4 Å². The summed E-state index contributed by atoms with van der Waals surface area (Å²) in [5.41, 5.74) is 6.85. The summed E-state index contributed by atoms with van der Waals surface area (Å²) in [6.07, 6.45) is 5.62. The van der Waals surface area contributed by atoms with E-state index >= 15 is 0 Å². The second kappa shape index (κ2) is 4.44. The van der Waals surface area contributed by atoms with E-state index in [1.165, 1.54) is 0 Å². The Morgan fingerprint density at radius 1 is 1.73 bits per heavy atom. The number of ether oxygens (including phenoxy) is 1. The predicted octanol–water partition coefficient (Wildman–Crippen LogP) is 0.865. The van der Waals surface area contributed by atoms with Gasteiger partial charge in [0.2, 0.25) is 0 Å². The summed E-state index contributed by atoms with van der Waals surface area (Å²) in [4.78, 5) is 3.94. The highest BCUT2D eigenvalue weighted by Gasteiger charge is 2.19. The molecule has 1 fully saturated rings. The SMILES string of the molecule is CN=Cc1cnn(C2CCCOC2)c1N. The van der Waals surface area contributed by atoms with Crippen LogP contribution in [0.4, 0.5) is 5.82 Å². The van der Waals surface area contributed by atoms with Crippen molar-refractivity contribution in [3.63, 3.8) is 0 Å². The molecule has 1 saturated heterocycles. The van der Waals surface area contributed by atoms with Crippen molar-refractivity contribution in [3.8, 4) is 0 Å². The first-order valence-corrected chi connectivity index (χ1v) is 5.16. The van der Waals surface area contributed by atoms with Gasteiger partial charge in [0.25, 0.3) is 0 Å². The highest BCUT2D eigenvalue weighted by Crippen LogP contribution is 2.22. The maximum absolute atomic E-state index is 5.97. The molecule has 15 heavy (non-hydrogen) atoms. The first kappa shape index (κ1) is 10.2. The molecular weight excluding hydrogens is 192 g/mol. The monoisotopic (exact) mass is 208 g/mol. The van der Waals surface area contributed by atoms with Crippen LogP contribution in [0.15, 0.2) is 11.2 Å². The Balaban J connectivity index is 2.20. The Kier molecular flexibility index (Phi) is 3.01. The molecule has 5 heteroatoms. The summed E-state index contributed by atoms with van der Waals surface area (Å²) in [7, 11) is 1.72. The number of nitrogens with two attached hydrogens (primary N) is 1. The largest absolute Gasteiger partial charge is 0.383 e. The minimum atomic E-state index is 0.276. The Morgan fingerprint density at radius 2 is 2.60 bits per heavy atom. The van der Waals surface area contributed by atoms with E-state index in [0.717, 1.165) is 25.0 Å². The van der Waals surface area contributed by atoms with E-state index in [9.17, 15) is 0 Å². The van der Waals surface area contributed by atoms with E-state index in [2.05, 4.69) is 10.1 Å². The third-order valence-corrected chi connectivity index (χ3v) is 2.61. The van der Waals surface area contributed by atoms with Gasteiger partial charge in [-0.2, -0.15) is 5.10 Å². The van der Waals surface area contributed by atoms with Crippen molar-refractivity contribution in [2.24, 2.45) is 4.99 Å². The van der Waals surface area contributed by atoms with Gasteiger partial charge in [0.05, 0.1) is 24.4 Å². The number of aliphatic imine (C=N–C) groups is 1. The van der Waals surface area contributed by atoms with E-state index in [1.807, 2.05) is 4.68 Å². The summed E-state index contributed by atoms with van der Waals surface area (Å²) in [5, 5.41) is 4.28. The molecule has 1 atom stereocenters. The van der Waals surface area contributed by atoms with Gasteiger partial charge in [0.15, 0.2) is 0 Å². The van der Waals surface area contributed by atoms with E-state index < -0.39 is 0 Å². The lowest BCUT2D eigenvalue weighted by molar-refractivity contribution is 0.0557. The number of rotatable bonds is 2. The highest BCUT2D eigenvalue weighted by molar-refractivity contribution is 5.85. The number of aromatic nitrogens is 2. The van der Waals surface area contributed by atoms with Crippen LogP contribution < -0.4 is 5.73 Å². The summed E-state index contributed by atoms with van der Waals surface area (Å²) >= 11 is 0. The number of anilines is 1. The van der Waals surface area contributed by atoms with E-state index in [-0.39, 0.29) is 6.04 Å². The second-order valence-corrected chi connectivity index (χ2v) is 3.69. The van der Waals surface area contributed by atoms with Crippen LogP contribution >= 0.6 is 0 Å². The molecule has 0 aromatic carbocycles. The normalized spacial score (nSPS) is 22.3. The van der Waals surface area contributed by atoms with Crippen molar-refractivity contribution in [2.75, 3.05) is 26.0 Å². The van der Waals surface area contributed by atoms with Crippen molar-refractivity contribution in [2.45, 2.75) is 18.9 Å². The summed E-state index contributed by atoms with van der Waals surface area (Å²) in [6.45, 7) is 1.55. The lowest BCUT2D eigenvalue weighted by atomic mass is 10.1. The molecule has 0 saturated carbocycles. The molecule has 1 unspecified atom stereocenters. The zero-order valence-corrected chi connectivity index (χ0v) is 8.89. The Labute approximate surface area is 88.9 Å². The van der Waals surface area contributed by atoms with Crippen LogP contribution in [0.2, 0.25) is 0 Å². The highest BCUT2D eigenvalue weighted by atomic mass is 16.5. The molecule has 0 radical (unpaired) electrons. The van der Waals surface area contributed by atoms with E-state index in [1.54, 1.807) is 19.5 Å². The summed E-state index contributed by atoms with van der Waals surface area (Å²) < 4.78 is 7.25. The smallest absolute Gasteiger partial charge is 0.130 e. The predicted molar refractivity (Wildman–Crippen MR) is 59.2 cm³/mol. The lowest BCUT2D eigenvalue weighted by Crippen LogP contribution is -2.23. The molecule has 1 aromatic rings. The van der Waals surface area contributed by atoms with Gasteiger partial charge in [-0.3, -0.25) is 4.99 Å². The van der Waals surface area contributed by atoms with Crippen LogP contribution in [-0.4, -0.2) is 36.3 Å². The fourth-order valence-corrected chi connectivity index (χ4v) is 1.83. The molecule has 82 valence electrons. The van der Waals surface area contributed by atoms with Gasteiger partial charge in [0, 0.05) is 19.9 Å². The minimum Gasteiger partial charge on any atom is -0.383 e. The van der Waals surface area contributed by atoms with Crippen LogP contribution in [0.5, 0.6) is 0 Å². The standard InChI is InChI=1S/C10H16N4O/c1-12-5-8-6-13-14(10(8)11)9-3-2-4-15-7-9/h5-6,9H,2-4,7,11H2,1H3. The summed E-state index contributed by atoms with van der Waals surface area (Å²) in [5.74, 6) is 0.677. The molecule has 1 aliphatic heterocycles. The van der Waals surface area contributed by atoms with Crippen molar-refractivity contribution in [1.29, 1.82) is 0 Å². The molecule has 5 nitrogen and oxygen atoms in total. The van der Waals surface area contributed by atoms with Crippen LogP contribution in [-0.2, 0) is 4.74 Å². The second-order valence-electron chi connectivity index (χ2n) is 3.69. The average Bonchev–Trinajstić information content (AvgIpc) is 2.63. The molecule has 0 spiro atoms. The van der Waals surface area contributed by atoms with Crippen molar-refractivity contribution >= 4 is 12.0 Å². The Hall–Kier alpha value is -1.36. The van der Waals surface area contributed by atoms with Crippen molar-refractivity contribution in [1.82, 2.24) is 9.78 Å². The van der Waals surface area contributed by atoms with Gasteiger partial charge in [-0.05, 0) is 12.8 Å². The fraction of sp³-hybridized carbons (Fsp3) is 0.600. The maximum atomic E-state index is 5.97. The van der Waals surface area contributed by atoms with Crippen molar-refractivity contribution in [3.05, 3.63) is 11.8 Å². The van der Waals surface area contributed by atoms with Gasteiger partial charge in [0.1, 0.15) is 5.82 Å². The number of nitrogens with zero attached hydrogens (tertiary/aromatic N) is 3. The molecule has 2 rings (SSSR count). The lowest BCUT2D eigenvalue weighted by Gasteiger charge is -2.23. The molecular formula is C10H16N4O. The average molecular weight is 208 g/mol. The van der Waals surface area contributed by atoms with Crippen LogP contribution in [0, 0.1) is 0 Å². The summed E-state index contributed by atoms with van der Waals surface area (Å²) in [6, 6.07) is 0.276. The molecule has 0 bridgehead atoms.